The zero-order valence-electron chi connectivity index (χ0n) is 16.5. The number of benzene rings is 3. The first-order valence-electron chi connectivity index (χ1n) is 9.51. The third-order valence-corrected chi connectivity index (χ3v) is 4.76. The second kappa shape index (κ2) is 9.92. The van der Waals surface area contributed by atoms with E-state index in [4.69, 9.17) is 16.3 Å². The fourth-order valence-corrected chi connectivity index (χ4v) is 3.04. The zero-order valence-corrected chi connectivity index (χ0v) is 17.3. The van der Waals surface area contributed by atoms with Gasteiger partial charge in [0.05, 0.1) is 0 Å². The maximum atomic E-state index is 13.1. The lowest BCUT2D eigenvalue weighted by Gasteiger charge is -2.17. The Hall–Kier alpha value is -2.93. The molecule has 8 heteroatoms. The first-order valence-corrected chi connectivity index (χ1v) is 9.89. The molecule has 0 aliphatic carbocycles. The van der Waals surface area contributed by atoms with Gasteiger partial charge in [-0.05, 0) is 72.1 Å². The van der Waals surface area contributed by atoms with E-state index in [0.29, 0.717) is 22.1 Å². The van der Waals surface area contributed by atoms with Gasteiger partial charge >= 0.3 is 12.5 Å². The van der Waals surface area contributed by atoms with Crippen LogP contribution in [-0.2, 0) is 13.0 Å². The lowest BCUT2D eigenvalue weighted by Crippen LogP contribution is -2.33. The zero-order chi connectivity index (χ0) is 22.4. The van der Waals surface area contributed by atoms with Gasteiger partial charge < -0.3 is 14.8 Å². The highest BCUT2D eigenvalue weighted by Crippen LogP contribution is 2.29. The molecule has 3 aromatic rings. The summed E-state index contributed by atoms with van der Waals surface area (Å²) in [7, 11) is 0. The van der Waals surface area contributed by atoms with E-state index in [1.165, 1.54) is 18.2 Å². The van der Waals surface area contributed by atoms with Gasteiger partial charge in [-0.3, -0.25) is 0 Å². The van der Waals surface area contributed by atoms with Crippen LogP contribution in [0.1, 0.15) is 18.1 Å². The molecule has 0 atom stereocenters. The number of halogens is 5. The van der Waals surface area contributed by atoms with Crippen molar-refractivity contribution in [1.29, 1.82) is 0 Å². The van der Waals surface area contributed by atoms with E-state index in [1.54, 1.807) is 42.5 Å². The van der Waals surface area contributed by atoms with Crippen LogP contribution in [0.15, 0.2) is 66.7 Å². The normalized spacial score (nSPS) is 11.5. The summed E-state index contributed by atoms with van der Waals surface area (Å²) < 4.78 is 60.7. The Labute approximate surface area is 182 Å². The molecule has 0 saturated heterocycles. The number of aryl methyl sites for hydroxylation is 1. The Kier molecular flexibility index (Phi) is 7.28. The van der Waals surface area contributed by atoms with Crippen LogP contribution in [0, 0.1) is 0 Å². The van der Waals surface area contributed by atoms with Crippen molar-refractivity contribution in [1.82, 2.24) is 0 Å². The van der Waals surface area contributed by atoms with Gasteiger partial charge in [-0.1, -0.05) is 30.7 Å². The van der Waals surface area contributed by atoms with Crippen molar-refractivity contribution in [2.75, 3.05) is 5.32 Å². The van der Waals surface area contributed by atoms with E-state index in [1.807, 2.05) is 13.0 Å². The lowest BCUT2D eigenvalue weighted by atomic mass is 10.1. The number of anilines is 1. The molecule has 0 amide bonds. The molecule has 3 aromatic carbocycles. The smallest absolute Gasteiger partial charge is 0.457 e. The molecular weight excluding hydrogens is 434 g/mol. The summed E-state index contributed by atoms with van der Waals surface area (Å²) in [6, 6.07) is 18.3. The van der Waals surface area contributed by atoms with Crippen LogP contribution < -0.4 is 14.8 Å². The Morgan fingerprint density at radius 2 is 1.65 bits per heavy atom. The van der Waals surface area contributed by atoms with Crippen LogP contribution in [-0.4, -0.2) is 12.5 Å². The first-order chi connectivity index (χ1) is 14.8. The number of hydrogen-bond acceptors (Lipinski definition) is 3. The van der Waals surface area contributed by atoms with E-state index in [-0.39, 0.29) is 12.3 Å². The van der Waals surface area contributed by atoms with Crippen molar-refractivity contribution >= 4 is 17.3 Å². The Bertz CT molecular complexity index is 1010. The molecule has 31 heavy (non-hydrogen) atoms. The SMILES string of the molecule is CCc1cc(Oc2ccc(NCc3cccc(OC(F)(F)C(F)F)c3)cc2)ccc1Cl. The minimum Gasteiger partial charge on any atom is -0.457 e. The minimum absolute atomic E-state index is 0.286. The molecule has 1 N–H and O–H groups in total. The van der Waals surface area contributed by atoms with E-state index in [9.17, 15) is 17.6 Å². The van der Waals surface area contributed by atoms with Gasteiger partial charge in [0.1, 0.15) is 17.2 Å². The lowest BCUT2D eigenvalue weighted by molar-refractivity contribution is -0.253. The Morgan fingerprint density at radius 1 is 0.935 bits per heavy atom. The summed E-state index contributed by atoms with van der Waals surface area (Å²) >= 11 is 6.12. The maximum Gasteiger partial charge on any atom is 0.461 e. The summed E-state index contributed by atoms with van der Waals surface area (Å²) in [6.45, 7) is 2.30. The van der Waals surface area contributed by atoms with Crippen molar-refractivity contribution in [3.8, 4) is 17.2 Å². The van der Waals surface area contributed by atoms with E-state index < -0.39 is 12.5 Å². The van der Waals surface area contributed by atoms with Crippen LogP contribution in [0.4, 0.5) is 23.2 Å². The monoisotopic (exact) mass is 453 g/mol. The summed E-state index contributed by atoms with van der Waals surface area (Å²) in [5.74, 6) is 0.988. The number of nitrogens with one attached hydrogen (secondary N) is 1. The molecular formula is C23H20ClF4NO2. The largest absolute Gasteiger partial charge is 0.461 e. The van der Waals surface area contributed by atoms with Crippen LogP contribution in [0.25, 0.3) is 0 Å². The number of rotatable bonds is 9. The molecule has 164 valence electrons. The van der Waals surface area contributed by atoms with Gasteiger partial charge in [-0.2, -0.15) is 17.6 Å². The Morgan fingerprint density at radius 3 is 2.32 bits per heavy atom. The highest BCUT2D eigenvalue weighted by molar-refractivity contribution is 6.31. The van der Waals surface area contributed by atoms with Crippen molar-refractivity contribution in [3.05, 3.63) is 82.9 Å². The van der Waals surface area contributed by atoms with E-state index >= 15 is 0 Å². The van der Waals surface area contributed by atoms with E-state index in [0.717, 1.165) is 17.7 Å². The topological polar surface area (TPSA) is 30.5 Å². The minimum atomic E-state index is -4.54. The third-order valence-electron chi connectivity index (χ3n) is 4.39. The van der Waals surface area contributed by atoms with Crippen molar-refractivity contribution in [3.63, 3.8) is 0 Å². The maximum absolute atomic E-state index is 13.1. The van der Waals surface area contributed by atoms with Crippen molar-refractivity contribution in [2.45, 2.75) is 32.4 Å². The summed E-state index contributed by atoms with van der Waals surface area (Å²) in [4.78, 5) is 0. The quantitative estimate of drug-likeness (QED) is 0.339. The molecule has 3 nitrogen and oxygen atoms in total. The van der Waals surface area contributed by atoms with Gasteiger partial charge in [-0.25, -0.2) is 0 Å². The Balaban J connectivity index is 1.59. The average Bonchev–Trinajstić information content (AvgIpc) is 2.74. The van der Waals surface area contributed by atoms with Gasteiger partial charge in [0.25, 0.3) is 0 Å². The fourth-order valence-electron chi connectivity index (χ4n) is 2.79. The molecule has 0 unspecified atom stereocenters. The van der Waals surface area contributed by atoms with Crippen LogP contribution >= 0.6 is 11.6 Å². The predicted octanol–water partition coefficient (Wildman–Crippen LogP) is 7.54. The van der Waals surface area contributed by atoms with Crippen LogP contribution in [0.3, 0.4) is 0 Å². The summed E-state index contributed by atoms with van der Waals surface area (Å²) in [6.07, 6.45) is -7.65. The number of hydrogen-bond donors (Lipinski definition) is 1. The molecule has 0 bridgehead atoms. The highest BCUT2D eigenvalue weighted by atomic mass is 35.5. The molecule has 0 aliphatic heterocycles. The molecule has 3 rings (SSSR count). The molecule has 0 heterocycles. The molecule has 0 saturated carbocycles. The summed E-state index contributed by atoms with van der Waals surface area (Å²) in [5.41, 5.74) is 2.35. The second-order valence-electron chi connectivity index (χ2n) is 6.70. The van der Waals surface area contributed by atoms with Crippen LogP contribution in [0.5, 0.6) is 17.2 Å². The summed E-state index contributed by atoms with van der Waals surface area (Å²) in [5, 5.41) is 3.82. The van der Waals surface area contributed by atoms with Gasteiger partial charge in [-0.15, -0.1) is 0 Å². The van der Waals surface area contributed by atoms with Crippen molar-refractivity contribution in [2.24, 2.45) is 0 Å². The molecule has 0 aliphatic rings. The molecule has 0 radical (unpaired) electrons. The first kappa shape index (κ1) is 22.7. The fraction of sp³-hybridized carbons (Fsp3) is 0.217. The van der Waals surface area contributed by atoms with Gasteiger partial charge in [0, 0.05) is 17.3 Å². The average molecular weight is 454 g/mol. The second-order valence-corrected chi connectivity index (χ2v) is 7.11. The van der Waals surface area contributed by atoms with Gasteiger partial charge in [0.2, 0.25) is 0 Å². The van der Waals surface area contributed by atoms with Gasteiger partial charge in [0.15, 0.2) is 0 Å². The van der Waals surface area contributed by atoms with E-state index in [2.05, 4.69) is 10.1 Å². The van der Waals surface area contributed by atoms with Crippen LogP contribution in [0.2, 0.25) is 5.02 Å². The van der Waals surface area contributed by atoms with Crippen molar-refractivity contribution < 1.29 is 27.0 Å². The molecule has 0 aromatic heterocycles. The number of ether oxygens (including phenoxy) is 2. The predicted molar refractivity (Wildman–Crippen MR) is 113 cm³/mol. The molecule has 0 spiro atoms. The molecule has 0 fully saturated rings. The highest BCUT2D eigenvalue weighted by Gasteiger charge is 2.43. The number of alkyl halides is 4. The third kappa shape index (κ3) is 6.28. The standard InChI is InChI=1S/C23H20ClF4NO2/c1-2-16-13-19(10-11-21(16)24)30-18-8-6-17(7-9-18)29-14-15-4-3-5-20(12-15)31-23(27,28)22(25)26/h3-13,22,29H,2,14H2,1H3.